The van der Waals surface area contributed by atoms with Crippen molar-refractivity contribution in [3.05, 3.63) is 89.1 Å². The van der Waals surface area contributed by atoms with Gasteiger partial charge in [-0.2, -0.15) is 4.31 Å². The second-order valence-corrected chi connectivity index (χ2v) is 12.0. The monoisotopic (exact) mass is 565 g/mol. The number of piperidine rings is 1. The molecule has 0 bridgehead atoms. The third-order valence-electron chi connectivity index (χ3n) is 6.87. The van der Waals surface area contributed by atoms with Crippen molar-refractivity contribution < 1.29 is 22.4 Å². The molecule has 10 heteroatoms. The van der Waals surface area contributed by atoms with Crippen LogP contribution in [0, 0.1) is 5.92 Å². The molecule has 2 heterocycles. The average Bonchev–Trinajstić information content (AvgIpc) is 3.31. The molecule has 1 saturated heterocycles. The molecule has 4 aromatic rings. The van der Waals surface area contributed by atoms with Crippen LogP contribution in [-0.2, 0) is 10.0 Å². The lowest BCUT2D eigenvalue weighted by atomic mass is 10.0. The topological polar surface area (TPSA) is 109 Å². The molecule has 1 fully saturated rings. The van der Waals surface area contributed by atoms with E-state index < -0.39 is 15.9 Å². The summed E-state index contributed by atoms with van der Waals surface area (Å²) >= 11 is 6.03. The molecule has 202 valence electrons. The largest absolute Gasteiger partial charge is 0.449 e. The molecule has 0 saturated carbocycles. The van der Waals surface area contributed by atoms with E-state index >= 15 is 0 Å². The van der Waals surface area contributed by atoms with Crippen LogP contribution in [0.4, 0.5) is 11.4 Å². The van der Waals surface area contributed by atoms with E-state index in [1.807, 2.05) is 6.07 Å². The number of nitrogens with zero attached hydrogens (tertiary/aromatic N) is 1. The zero-order chi connectivity index (χ0) is 27.6. The minimum atomic E-state index is -3.60. The molecule has 1 aliphatic heterocycles. The Hall–Kier alpha value is -3.66. The summed E-state index contributed by atoms with van der Waals surface area (Å²) in [5.41, 5.74) is 1.73. The Morgan fingerprint density at radius 2 is 1.72 bits per heavy atom. The van der Waals surface area contributed by atoms with Gasteiger partial charge in [-0.25, -0.2) is 8.42 Å². The number of fused-ring (bicyclic) bond motifs is 1. The number of para-hydroxylation sites is 1. The molecule has 1 aromatic heterocycles. The summed E-state index contributed by atoms with van der Waals surface area (Å²) in [4.78, 5) is 26.3. The Kier molecular flexibility index (Phi) is 7.74. The fourth-order valence-electron chi connectivity index (χ4n) is 4.59. The molecule has 1 aliphatic rings. The fraction of sp³-hybridized carbons (Fsp3) is 0.241. The van der Waals surface area contributed by atoms with E-state index in [2.05, 4.69) is 17.6 Å². The molecule has 0 unspecified atom stereocenters. The van der Waals surface area contributed by atoms with Crippen molar-refractivity contribution in [1.82, 2.24) is 4.31 Å². The van der Waals surface area contributed by atoms with Gasteiger partial charge in [0, 0.05) is 34.7 Å². The van der Waals surface area contributed by atoms with Crippen LogP contribution < -0.4 is 10.6 Å². The van der Waals surface area contributed by atoms with Gasteiger partial charge >= 0.3 is 0 Å². The lowest BCUT2D eigenvalue weighted by Gasteiger charge is -2.29. The molecule has 5 rings (SSSR count). The first-order valence-electron chi connectivity index (χ1n) is 12.7. The second kappa shape index (κ2) is 11.2. The minimum Gasteiger partial charge on any atom is -0.449 e. The van der Waals surface area contributed by atoms with Crippen molar-refractivity contribution in [2.75, 3.05) is 30.3 Å². The van der Waals surface area contributed by atoms with Crippen molar-refractivity contribution in [3.8, 4) is 0 Å². The number of hydrogen-bond acceptors (Lipinski definition) is 6. The normalized spacial score (nSPS) is 14.8. The molecular formula is C29H28ClN3O5S. The summed E-state index contributed by atoms with van der Waals surface area (Å²) in [5.74, 6) is -0.219. The number of halogens is 1. The smallest absolute Gasteiger partial charge is 0.293 e. The van der Waals surface area contributed by atoms with Gasteiger partial charge < -0.3 is 15.1 Å². The molecule has 0 atom stereocenters. The molecule has 0 radical (unpaired) electrons. The first-order valence-corrected chi connectivity index (χ1v) is 14.5. The number of hydrogen-bond donors (Lipinski definition) is 2. The van der Waals surface area contributed by atoms with E-state index in [0.717, 1.165) is 12.8 Å². The van der Waals surface area contributed by atoms with Crippen LogP contribution in [0.2, 0.25) is 5.02 Å². The summed E-state index contributed by atoms with van der Waals surface area (Å²) < 4.78 is 33.3. The Bertz CT molecular complexity index is 1620. The van der Waals surface area contributed by atoms with Gasteiger partial charge in [0.2, 0.25) is 15.8 Å². The van der Waals surface area contributed by atoms with Gasteiger partial charge in [0.25, 0.3) is 5.91 Å². The van der Waals surface area contributed by atoms with Crippen LogP contribution in [0.15, 0.2) is 82.1 Å². The molecular weight excluding hydrogens is 538 g/mol. The van der Waals surface area contributed by atoms with Crippen LogP contribution in [0.25, 0.3) is 11.0 Å². The van der Waals surface area contributed by atoms with Crippen LogP contribution in [0.5, 0.6) is 0 Å². The lowest BCUT2D eigenvalue weighted by molar-refractivity contribution is 0.0991. The molecule has 3 aromatic carbocycles. The number of nitrogens with one attached hydrogen (secondary N) is 2. The number of rotatable bonds is 8. The van der Waals surface area contributed by atoms with Gasteiger partial charge in [0.05, 0.1) is 17.1 Å². The number of carbonyl (C=O) groups is 2. The van der Waals surface area contributed by atoms with E-state index in [-0.39, 0.29) is 23.0 Å². The number of anilines is 2. The Morgan fingerprint density at radius 3 is 2.44 bits per heavy atom. The van der Waals surface area contributed by atoms with Crippen molar-refractivity contribution in [2.45, 2.75) is 24.7 Å². The Morgan fingerprint density at radius 1 is 1.00 bits per heavy atom. The van der Waals surface area contributed by atoms with Gasteiger partial charge in [-0.3, -0.25) is 9.59 Å². The van der Waals surface area contributed by atoms with Crippen molar-refractivity contribution in [3.63, 3.8) is 0 Å². The van der Waals surface area contributed by atoms with E-state index in [1.165, 1.54) is 28.6 Å². The predicted octanol–water partition coefficient (Wildman–Crippen LogP) is 6.05. The van der Waals surface area contributed by atoms with Crippen molar-refractivity contribution in [1.29, 1.82) is 0 Å². The first kappa shape index (κ1) is 26.9. The quantitative estimate of drug-likeness (QED) is 0.252. The highest BCUT2D eigenvalue weighted by Crippen LogP contribution is 2.32. The maximum atomic E-state index is 13.1. The average molecular weight is 566 g/mol. The second-order valence-electron chi connectivity index (χ2n) is 9.65. The molecule has 0 aliphatic carbocycles. The summed E-state index contributed by atoms with van der Waals surface area (Å²) in [6.45, 7) is 3.00. The summed E-state index contributed by atoms with van der Waals surface area (Å²) in [6, 6.07) is 19.9. The number of carbonyl (C=O) groups excluding carboxylic acids is 2. The van der Waals surface area contributed by atoms with Crippen LogP contribution >= 0.6 is 11.6 Å². The third-order valence-corrected chi connectivity index (χ3v) is 9.01. The zero-order valence-electron chi connectivity index (χ0n) is 21.3. The number of sulfonamides is 1. The maximum Gasteiger partial charge on any atom is 0.293 e. The number of benzene rings is 3. The number of Topliss-reactive ketones (excluding diaryl/α,β-unsaturated/α-hetero) is 1. The predicted molar refractivity (Wildman–Crippen MR) is 152 cm³/mol. The third kappa shape index (κ3) is 5.85. The van der Waals surface area contributed by atoms with Gasteiger partial charge in [-0.05, 0) is 73.4 Å². The van der Waals surface area contributed by atoms with Crippen LogP contribution in [-0.4, -0.2) is 44.0 Å². The summed E-state index contributed by atoms with van der Waals surface area (Å²) in [6.07, 6.45) is 1.67. The first-order chi connectivity index (χ1) is 18.7. The Labute approximate surface area is 232 Å². The molecule has 1 amide bonds. The zero-order valence-corrected chi connectivity index (χ0v) is 22.9. The Balaban J connectivity index is 1.31. The highest BCUT2D eigenvalue weighted by atomic mass is 35.5. The molecule has 39 heavy (non-hydrogen) atoms. The van der Waals surface area contributed by atoms with Crippen molar-refractivity contribution >= 4 is 55.7 Å². The minimum absolute atomic E-state index is 0.0290. The highest BCUT2D eigenvalue weighted by molar-refractivity contribution is 7.89. The van der Waals surface area contributed by atoms with Gasteiger partial charge in [0.1, 0.15) is 5.58 Å². The highest BCUT2D eigenvalue weighted by Gasteiger charge is 2.28. The fourth-order valence-corrected chi connectivity index (χ4v) is 6.25. The number of furan rings is 1. The standard InChI is InChI=1S/C29H28ClN3O5S/c1-19-13-15-33(16-14-19)39(36,37)23-11-9-20(10-12-23)25(34)18-31-27-24-7-2-3-8-26(24)38-28(27)29(35)32-22-6-4-5-21(30)17-22/h2-12,17,19,31H,13-16,18H2,1H3,(H,32,35). The molecule has 2 N–H and O–H groups in total. The van der Waals surface area contributed by atoms with Gasteiger partial charge in [-0.15, -0.1) is 0 Å². The van der Waals surface area contributed by atoms with Crippen LogP contribution in [0.3, 0.4) is 0 Å². The maximum absolute atomic E-state index is 13.1. The lowest BCUT2D eigenvalue weighted by Crippen LogP contribution is -2.37. The molecule has 8 nitrogen and oxygen atoms in total. The van der Waals surface area contributed by atoms with Crippen molar-refractivity contribution in [2.24, 2.45) is 5.92 Å². The van der Waals surface area contributed by atoms with Crippen LogP contribution in [0.1, 0.15) is 40.7 Å². The van der Waals surface area contributed by atoms with Gasteiger partial charge in [0.15, 0.2) is 5.78 Å². The number of ketones is 1. The SMILES string of the molecule is CC1CCN(S(=O)(=O)c2ccc(C(=O)CNc3c(C(=O)Nc4cccc(Cl)c4)oc4ccccc34)cc2)CC1. The van der Waals surface area contributed by atoms with E-state index in [0.29, 0.717) is 51.9 Å². The summed E-state index contributed by atoms with van der Waals surface area (Å²) in [7, 11) is -3.60. The summed E-state index contributed by atoms with van der Waals surface area (Å²) in [5, 5.41) is 6.95. The van der Waals surface area contributed by atoms with E-state index in [4.69, 9.17) is 16.0 Å². The molecule has 0 spiro atoms. The number of amides is 1. The van der Waals surface area contributed by atoms with E-state index in [1.54, 1.807) is 42.5 Å². The van der Waals surface area contributed by atoms with E-state index in [9.17, 15) is 18.0 Å². The van der Waals surface area contributed by atoms with Gasteiger partial charge in [-0.1, -0.05) is 36.7 Å².